The van der Waals surface area contributed by atoms with Crippen LogP contribution in [0.5, 0.6) is 0 Å². The minimum absolute atomic E-state index is 0.0253. The standard InChI is InChI=1S/C13H13F2N/c1-8(2)11-5-9-3-4-10(13(14)15)6-12(9)16-7-11/h3-8,13H,1-2H3. The number of benzene rings is 1. The van der Waals surface area contributed by atoms with E-state index in [2.05, 4.69) is 18.8 Å². The zero-order valence-electron chi connectivity index (χ0n) is 9.24. The van der Waals surface area contributed by atoms with Gasteiger partial charge in [-0.3, -0.25) is 4.98 Å². The van der Waals surface area contributed by atoms with E-state index < -0.39 is 6.43 Å². The highest BCUT2D eigenvalue weighted by molar-refractivity contribution is 5.79. The van der Waals surface area contributed by atoms with Gasteiger partial charge in [0.15, 0.2) is 0 Å². The van der Waals surface area contributed by atoms with Crippen molar-refractivity contribution >= 4 is 10.9 Å². The molecule has 1 aromatic carbocycles. The van der Waals surface area contributed by atoms with E-state index in [-0.39, 0.29) is 5.56 Å². The lowest BCUT2D eigenvalue weighted by Gasteiger charge is -2.07. The van der Waals surface area contributed by atoms with Crippen molar-refractivity contribution in [3.8, 4) is 0 Å². The molecule has 1 aromatic heterocycles. The zero-order chi connectivity index (χ0) is 11.7. The van der Waals surface area contributed by atoms with Gasteiger partial charge in [-0.15, -0.1) is 0 Å². The van der Waals surface area contributed by atoms with Gasteiger partial charge in [0.1, 0.15) is 0 Å². The molecule has 0 fully saturated rings. The lowest BCUT2D eigenvalue weighted by Crippen LogP contribution is -1.91. The van der Waals surface area contributed by atoms with Gasteiger partial charge >= 0.3 is 0 Å². The van der Waals surface area contributed by atoms with E-state index in [0.717, 1.165) is 10.9 Å². The summed E-state index contributed by atoms with van der Waals surface area (Å²) in [6, 6.07) is 6.61. The summed E-state index contributed by atoms with van der Waals surface area (Å²) in [6.07, 6.45) is -0.682. The fourth-order valence-electron chi connectivity index (χ4n) is 1.61. The SMILES string of the molecule is CC(C)c1cnc2cc(C(F)F)ccc2c1. The summed E-state index contributed by atoms with van der Waals surface area (Å²) in [5.41, 5.74) is 1.77. The Bertz CT molecular complexity index is 459. The summed E-state index contributed by atoms with van der Waals surface area (Å²) in [7, 11) is 0. The van der Waals surface area contributed by atoms with Gasteiger partial charge in [0.25, 0.3) is 6.43 Å². The summed E-state index contributed by atoms with van der Waals surface area (Å²) in [5, 5.41) is 0.913. The Labute approximate surface area is 93.1 Å². The Morgan fingerprint density at radius 3 is 2.44 bits per heavy atom. The molecule has 1 heterocycles. The van der Waals surface area contributed by atoms with Crippen LogP contribution in [0.1, 0.15) is 37.3 Å². The van der Waals surface area contributed by atoms with Crippen molar-refractivity contribution in [2.75, 3.05) is 0 Å². The Morgan fingerprint density at radius 1 is 1.06 bits per heavy atom. The van der Waals surface area contributed by atoms with Gasteiger partial charge in [-0.25, -0.2) is 8.78 Å². The Morgan fingerprint density at radius 2 is 1.81 bits per heavy atom. The molecule has 2 aromatic rings. The third kappa shape index (κ3) is 2.03. The number of fused-ring (bicyclic) bond motifs is 1. The van der Waals surface area contributed by atoms with Gasteiger partial charge in [0.2, 0.25) is 0 Å². The first-order valence-electron chi connectivity index (χ1n) is 5.25. The molecule has 0 unspecified atom stereocenters. The third-order valence-corrected chi connectivity index (χ3v) is 2.65. The van der Waals surface area contributed by atoms with Crippen molar-refractivity contribution in [2.45, 2.75) is 26.2 Å². The lowest BCUT2D eigenvalue weighted by atomic mass is 10.0. The minimum atomic E-state index is -2.43. The minimum Gasteiger partial charge on any atom is -0.256 e. The molecule has 0 atom stereocenters. The highest BCUT2D eigenvalue weighted by Crippen LogP contribution is 2.24. The largest absolute Gasteiger partial charge is 0.263 e. The zero-order valence-corrected chi connectivity index (χ0v) is 9.24. The van der Waals surface area contributed by atoms with Crippen molar-refractivity contribution in [1.29, 1.82) is 0 Å². The molecule has 0 aliphatic carbocycles. The molecule has 0 spiro atoms. The second-order valence-corrected chi connectivity index (χ2v) is 4.18. The van der Waals surface area contributed by atoms with Crippen molar-refractivity contribution < 1.29 is 8.78 Å². The quantitative estimate of drug-likeness (QED) is 0.736. The number of halogens is 2. The summed E-state index contributed by atoms with van der Waals surface area (Å²) in [6.45, 7) is 4.16. The predicted octanol–water partition coefficient (Wildman–Crippen LogP) is 4.30. The van der Waals surface area contributed by atoms with Crippen LogP contribution >= 0.6 is 0 Å². The number of pyridine rings is 1. The molecule has 1 nitrogen and oxygen atoms in total. The van der Waals surface area contributed by atoms with Crippen molar-refractivity contribution in [3.05, 3.63) is 41.6 Å². The summed E-state index contributed by atoms with van der Waals surface area (Å²) < 4.78 is 24.9. The number of hydrogen-bond donors (Lipinski definition) is 0. The number of alkyl halides is 2. The van der Waals surface area contributed by atoms with Gasteiger partial charge in [-0.05, 0) is 23.6 Å². The van der Waals surface area contributed by atoms with Crippen LogP contribution < -0.4 is 0 Å². The van der Waals surface area contributed by atoms with Crippen LogP contribution in [-0.4, -0.2) is 4.98 Å². The molecule has 2 rings (SSSR count). The highest BCUT2D eigenvalue weighted by Gasteiger charge is 2.08. The first-order valence-corrected chi connectivity index (χ1v) is 5.25. The first kappa shape index (κ1) is 11.0. The lowest BCUT2D eigenvalue weighted by molar-refractivity contribution is 0.151. The molecular weight excluding hydrogens is 208 g/mol. The Hall–Kier alpha value is -1.51. The molecule has 0 aliphatic heterocycles. The molecular formula is C13H13F2N. The smallest absolute Gasteiger partial charge is 0.256 e. The molecule has 84 valence electrons. The van der Waals surface area contributed by atoms with Crippen LogP contribution in [0.15, 0.2) is 30.5 Å². The van der Waals surface area contributed by atoms with Gasteiger partial charge in [0, 0.05) is 17.1 Å². The average Bonchev–Trinajstić information content (AvgIpc) is 2.27. The van der Waals surface area contributed by atoms with Gasteiger partial charge in [-0.2, -0.15) is 0 Å². The van der Waals surface area contributed by atoms with E-state index in [4.69, 9.17) is 0 Å². The van der Waals surface area contributed by atoms with Crippen molar-refractivity contribution in [3.63, 3.8) is 0 Å². The maximum atomic E-state index is 12.5. The van der Waals surface area contributed by atoms with E-state index in [9.17, 15) is 8.78 Å². The second kappa shape index (κ2) is 4.16. The molecule has 0 saturated carbocycles. The molecule has 0 bridgehead atoms. The van der Waals surface area contributed by atoms with Gasteiger partial charge in [-0.1, -0.05) is 26.0 Å². The molecule has 3 heteroatoms. The van der Waals surface area contributed by atoms with E-state index in [0.29, 0.717) is 11.4 Å². The summed E-state index contributed by atoms with van der Waals surface area (Å²) in [5.74, 6) is 0.395. The molecule has 0 N–H and O–H groups in total. The van der Waals surface area contributed by atoms with E-state index >= 15 is 0 Å². The molecule has 0 amide bonds. The monoisotopic (exact) mass is 221 g/mol. The van der Waals surface area contributed by atoms with Gasteiger partial charge < -0.3 is 0 Å². The van der Waals surface area contributed by atoms with Crippen LogP contribution in [0.2, 0.25) is 0 Å². The number of aromatic nitrogens is 1. The topological polar surface area (TPSA) is 12.9 Å². The van der Waals surface area contributed by atoms with Crippen LogP contribution in [-0.2, 0) is 0 Å². The summed E-state index contributed by atoms with van der Waals surface area (Å²) in [4.78, 5) is 4.21. The van der Waals surface area contributed by atoms with Gasteiger partial charge in [0.05, 0.1) is 5.52 Å². The van der Waals surface area contributed by atoms with E-state index in [1.807, 2.05) is 6.07 Å². The van der Waals surface area contributed by atoms with Crippen LogP contribution in [0.3, 0.4) is 0 Å². The van der Waals surface area contributed by atoms with Crippen LogP contribution in [0.4, 0.5) is 8.78 Å². The molecule has 16 heavy (non-hydrogen) atoms. The maximum absolute atomic E-state index is 12.5. The average molecular weight is 221 g/mol. The number of rotatable bonds is 2. The molecule has 0 radical (unpaired) electrons. The third-order valence-electron chi connectivity index (χ3n) is 2.65. The van der Waals surface area contributed by atoms with E-state index in [1.54, 1.807) is 12.3 Å². The molecule has 0 saturated heterocycles. The second-order valence-electron chi connectivity index (χ2n) is 4.18. The van der Waals surface area contributed by atoms with Crippen LogP contribution in [0, 0.1) is 0 Å². The highest BCUT2D eigenvalue weighted by atomic mass is 19.3. The predicted molar refractivity (Wildman–Crippen MR) is 60.8 cm³/mol. The van der Waals surface area contributed by atoms with Crippen molar-refractivity contribution in [2.24, 2.45) is 0 Å². The normalized spacial score (nSPS) is 11.6. The first-order chi connectivity index (χ1) is 7.58. The maximum Gasteiger partial charge on any atom is 0.263 e. The van der Waals surface area contributed by atoms with E-state index in [1.165, 1.54) is 12.1 Å². The fourth-order valence-corrected chi connectivity index (χ4v) is 1.61. The van der Waals surface area contributed by atoms with Crippen LogP contribution in [0.25, 0.3) is 10.9 Å². The Kier molecular flexibility index (Phi) is 2.86. The fraction of sp³-hybridized carbons (Fsp3) is 0.308. The number of nitrogens with zero attached hydrogens (tertiary/aromatic N) is 1. The Balaban J connectivity index is 2.53. The summed E-state index contributed by atoms with van der Waals surface area (Å²) >= 11 is 0. The van der Waals surface area contributed by atoms with Crippen molar-refractivity contribution in [1.82, 2.24) is 4.98 Å². The number of hydrogen-bond acceptors (Lipinski definition) is 1. The molecule has 0 aliphatic rings.